The van der Waals surface area contributed by atoms with Gasteiger partial charge in [0.1, 0.15) is 12.4 Å². The third-order valence-electron chi connectivity index (χ3n) is 4.53. The zero-order chi connectivity index (χ0) is 22.1. The zero-order valence-electron chi connectivity index (χ0n) is 16.9. The van der Waals surface area contributed by atoms with Crippen LogP contribution in [0.5, 0.6) is 11.5 Å². The van der Waals surface area contributed by atoms with Crippen molar-refractivity contribution in [3.8, 4) is 11.5 Å². The minimum absolute atomic E-state index is 0.0533. The smallest absolute Gasteiger partial charge is 0.387 e. The van der Waals surface area contributed by atoms with Crippen LogP contribution in [0.2, 0.25) is 0 Å². The molecular formula is C21H25F5N2O2. The largest absolute Gasteiger partial charge is 0.485 e. The summed E-state index contributed by atoms with van der Waals surface area (Å²) in [6.07, 6.45) is 0. The summed E-state index contributed by atoms with van der Waals surface area (Å²) >= 11 is 0. The van der Waals surface area contributed by atoms with Crippen molar-refractivity contribution in [2.75, 3.05) is 26.2 Å². The van der Waals surface area contributed by atoms with Crippen LogP contribution in [0.15, 0.2) is 30.3 Å². The second-order valence-electron chi connectivity index (χ2n) is 6.51. The fourth-order valence-electron chi connectivity index (χ4n) is 2.81. The first-order chi connectivity index (χ1) is 14.3. The Labute approximate surface area is 172 Å². The van der Waals surface area contributed by atoms with Gasteiger partial charge in [-0.25, -0.2) is 13.2 Å². The zero-order valence-corrected chi connectivity index (χ0v) is 16.9. The molecule has 0 atom stereocenters. The number of nitrogens with zero attached hydrogens (tertiary/aromatic N) is 1. The van der Waals surface area contributed by atoms with Crippen LogP contribution in [0.3, 0.4) is 0 Å². The molecule has 9 heteroatoms. The lowest BCUT2D eigenvalue weighted by atomic mass is 10.2. The molecule has 2 rings (SSSR count). The summed E-state index contributed by atoms with van der Waals surface area (Å²) in [5.74, 6) is -3.84. The maximum Gasteiger partial charge on any atom is 0.387 e. The van der Waals surface area contributed by atoms with E-state index in [1.54, 1.807) is 6.07 Å². The number of hydrogen-bond acceptors (Lipinski definition) is 4. The number of alkyl halides is 2. The van der Waals surface area contributed by atoms with Crippen LogP contribution in [0, 0.1) is 17.5 Å². The SMILES string of the molecule is CCN(CC)CCNCc1ccc(OC(F)F)c(OCc2cc(F)c(F)cc2F)c1. The monoisotopic (exact) mass is 432 g/mol. The first-order valence-corrected chi connectivity index (χ1v) is 9.61. The van der Waals surface area contributed by atoms with E-state index < -0.39 is 30.7 Å². The second-order valence-corrected chi connectivity index (χ2v) is 6.51. The quantitative estimate of drug-likeness (QED) is 0.299. The summed E-state index contributed by atoms with van der Waals surface area (Å²) in [5.41, 5.74) is 0.483. The highest BCUT2D eigenvalue weighted by atomic mass is 19.3. The van der Waals surface area contributed by atoms with Gasteiger partial charge in [0.05, 0.1) is 0 Å². The summed E-state index contributed by atoms with van der Waals surface area (Å²) in [5, 5.41) is 3.25. The highest BCUT2D eigenvalue weighted by Crippen LogP contribution is 2.31. The van der Waals surface area contributed by atoms with Crippen molar-refractivity contribution in [1.82, 2.24) is 10.2 Å². The van der Waals surface area contributed by atoms with Gasteiger partial charge in [-0.2, -0.15) is 8.78 Å². The first-order valence-electron chi connectivity index (χ1n) is 9.61. The van der Waals surface area contributed by atoms with E-state index in [1.807, 2.05) is 0 Å². The van der Waals surface area contributed by atoms with Gasteiger partial charge in [0, 0.05) is 31.3 Å². The summed E-state index contributed by atoms with van der Waals surface area (Å²) in [7, 11) is 0. The average molecular weight is 432 g/mol. The topological polar surface area (TPSA) is 33.7 Å². The minimum Gasteiger partial charge on any atom is -0.485 e. The van der Waals surface area contributed by atoms with Gasteiger partial charge in [0.2, 0.25) is 0 Å². The Morgan fingerprint density at radius 2 is 1.63 bits per heavy atom. The Hall–Kier alpha value is -2.39. The van der Waals surface area contributed by atoms with Crippen molar-refractivity contribution >= 4 is 0 Å². The highest BCUT2D eigenvalue weighted by molar-refractivity contribution is 5.43. The summed E-state index contributed by atoms with van der Waals surface area (Å²) in [6, 6.07) is 5.48. The van der Waals surface area contributed by atoms with Crippen molar-refractivity contribution in [2.45, 2.75) is 33.6 Å². The van der Waals surface area contributed by atoms with Gasteiger partial charge in [-0.1, -0.05) is 19.9 Å². The number of hydrogen-bond donors (Lipinski definition) is 1. The number of ether oxygens (including phenoxy) is 2. The molecular weight excluding hydrogens is 407 g/mol. The predicted octanol–water partition coefficient (Wildman–Crippen LogP) is 4.72. The van der Waals surface area contributed by atoms with Gasteiger partial charge in [0.15, 0.2) is 23.1 Å². The van der Waals surface area contributed by atoms with Crippen molar-refractivity contribution in [1.29, 1.82) is 0 Å². The Bertz CT molecular complexity index is 816. The summed E-state index contributed by atoms with van der Waals surface area (Å²) < 4.78 is 75.4. The lowest BCUT2D eigenvalue weighted by molar-refractivity contribution is -0.0516. The van der Waals surface area contributed by atoms with Crippen LogP contribution < -0.4 is 14.8 Å². The Kier molecular flexibility index (Phi) is 9.32. The molecule has 0 unspecified atom stereocenters. The van der Waals surface area contributed by atoms with Gasteiger partial charge in [-0.15, -0.1) is 0 Å². The molecule has 0 radical (unpaired) electrons. The average Bonchev–Trinajstić information content (AvgIpc) is 2.71. The fraction of sp³-hybridized carbons (Fsp3) is 0.429. The third kappa shape index (κ3) is 7.14. The molecule has 166 valence electrons. The van der Waals surface area contributed by atoms with Gasteiger partial charge in [-0.3, -0.25) is 0 Å². The number of benzene rings is 2. The summed E-state index contributed by atoms with van der Waals surface area (Å²) in [6.45, 7) is 4.51. The predicted molar refractivity (Wildman–Crippen MR) is 103 cm³/mol. The van der Waals surface area contributed by atoms with E-state index in [1.165, 1.54) is 12.1 Å². The standard InChI is InChI=1S/C21H25F5N2O2/c1-3-28(4-2)8-7-27-12-14-5-6-19(30-21(25)26)20(9-14)29-13-15-10-17(23)18(24)11-16(15)22/h5-6,9-11,21,27H,3-4,7-8,12-13H2,1-2H3. The lowest BCUT2D eigenvalue weighted by Crippen LogP contribution is -2.31. The molecule has 0 aromatic heterocycles. The molecule has 0 fully saturated rings. The molecule has 1 N–H and O–H groups in total. The van der Waals surface area contributed by atoms with E-state index in [-0.39, 0.29) is 17.1 Å². The van der Waals surface area contributed by atoms with Crippen LogP contribution in [0.25, 0.3) is 0 Å². The van der Waals surface area contributed by atoms with E-state index in [0.29, 0.717) is 18.7 Å². The van der Waals surface area contributed by atoms with Gasteiger partial charge in [0.25, 0.3) is 0 Å². The molecule has 0 heterocycles. The van der Waals surface area contributed by atoms with Crippen LogP contribution in [-0.4, -0.2) is 37.7 Å². The molecule has 0 saturated carbocycles. The van der Waals surface area contributed by atoms with Gasteiger partial charge in [-0.05, 0) is 36.9 Å². The Morgan fingerprint density at radius 1 is 0.933 bits per heavy atom. The van der Waals surface area contributed by atoms with E-state index in [2.05, 4.69) is 28.8 Å². The normalized spacial score (nSPS) is 11.4. The van der Waals surface area contributed by atoms with Crippen molar-refractivity contribution in [2.24, 2.45) is 0 Å². The first kappa shape index (κ1) is 23.9. The molecule has 0 aliphatic rings. The number of halogens is 5. The molecule has 0 aliphatic carbocycles. The lowest BCUT2D eigenvalue weighted by Gasteiger charge is -2.18. The second kappa shape index (κ2) is 11.7. The van der Waals surface area contributed by atoms with Crippen molar-refractivity contribution in [3.05, 3.63) is 58.9 Å². The van der Waals surface area contributed by atoms with E-state index >= 15 is 0 Å². The van der Waals surface area contributed by atoms with E-state index in [4.69, 9.17) is 4.74 Å². The molecule has 0 saturated heterocycles. The number of rotatable bonds is 12. The van der Waals surface area contributed by atoms with Crippen molar-refractivity contribution < 1.29 is 31.4 Å². The minimum atomic E-state index is -3.08. The Morgan fingerprint density at radius 3 is 2.30 bits per heavy atom. The van der Waals surface area contributed by atoms with Gasteiger partial charge < -0.3 is 19.7 Å². The molecule has 0 spiro atoms. The van der Waals surface area contributed by atoms with Crippen LogP contribution >= 0.6 is 0 Å². The Balaban J connectivity index is 2.07. The molecule has 30 heavy (non-hydrogen) atoms. The molecule has 0 amide bonds. The summed E-state index contributed by atoms with van der Waals surface area (Å²) in [4.78, 5) is 2.25. The molecule has 0 bridgehead atoms. The number of nitrogens with one attached hydrogen (secondary N) is 1. The van der Waals surface area contributed by atoms with Crippen LogP contribution in [0.4, 0.5) is 22.0 Å². The maximum atomic E-state index is 13.8. The highest BCUT2D eigenvalue weighted by Gasteiger charge is 2.15. The number of likely N-dealkylation sites (N-methyl/N-ethyl adjacent to an activating group) is 1. The maximum absolute atomic E-state index is 13.8. The van der Waals surface area contributed by atoms with Crippen molar-refractivity contribution in [3.63, 3.8) is 0 Å². The van der Waals surface area contributed by atoms with Crippen LogP contribution in [0.1, 0.15) is 25.0 Å². The molecule has 0 aliphatic heterocycles. The molecule has 4 nitrogen and oxygen atoms in total. The molecule has 2 aromatic rings. The van der Waals surface area contributed by atoms with E-state index in [9.17, 15) is 22.0 Å². The van der Waals surface area contributed by atoms with E-state index in [0.717, 1.165) is 31.7 Å². The van der Waals surface area contributed by atoms with Crippen LogP contribution in [-0.2, 0) is 13.2 Å². The fourth-order valence-corrected chi connectivity index (χ4v) is 2.81. The third-order valence-corrected chi connectivity index (χ3v) is 4.53. The molecule has 2 aromatic carbocycles. The van der Waals surface area contributed by atoms with Gasteiger partial charge >= 0.3 is 6.61 Å².